The molecule has 1 amide bonds. The summed E-state index contributed by atoms with van der Waals surface area (Å²) in [4.78, 5) is 33.5. The Bertz CT molecular complexity index is 398. The first-order valence-corrected chi connectivity index (χ1v) is 8.00. The van der Waals surface area contributed by atoms with Crippen LogP contribution in [0, 0.1) is 17.8 Å². The number of amides is 1. The molecule has 0 aromatic carbocycles. The fourth-order valence-corrected chi connectivity index (χ4v) is 2.52. The quantitative estimate of drug-likeness (QED) is 0.471. The number of aliphatic carboxylic acids is 1. The van der Waals surface area contributed by atoms with E-state index in [2.05, 4.69) is 19.2 Å². The van der Waals surface area contributed by atoms with Crippen molar-refractivity contribution in [2.45, 2.75) is 60.2 Å². The van der Waals surface area contributed by atoms with Crippen molar-refractivity contribution in [1.82, 2.24) is 5.32 Å². The van der Waals surface area contributed by atoms with Gasteiger partial charge >= 0.3 is 18.0 Å². The van der Waals surface area contributed by atoms with Gasteiger partial charge in [0, 0.05) is 20.4 Å². The molecule has 0 fully saturated rings. The monoisotopic (exact) mass is 331 g/mol. The number of carboxylic acids is 1. The molecule has 0 aliphatic carbocycles. The van der Waals surface area contributed by atoms with Crippen LogP contribution in [-0.4, -0.2) is 36.0 Å². The van der Waals surface area contributed by atoms with Crippen molar-refractivity contribution in [2.24, 2.45) is 17.8 Å². The number of hydrogen-bond donors (Lipinski definition) is 2. The second-order valence-corrected chi connectivity index (χ2v) is 5.95. The summed E-state index contributed by atoms with van der Waals surface area (Å²) >= 11 is 0. The van der Waals surface area contributed by atoms with E-state index in [1.54, 1.807) is 0 Å². The largest absolute Gasteiger partial charge is 0.481 e. The fraction of sp³-hybridized carbons (Fsp3) is 0.812. The molecule has 7 nitrogen and oxygen atoms in total. The average molecular weight is 331 g/mol. The van der Waals surface area contributed by atoms with Gasteiger partial charge in [-0.15, -0.1) is 0 Å². The van der Waals surface area contributed by atoms with Crippen LogP contribution in [0.5, 0.6) is 0 Å². The average Bonchev–Trinajstić information content (AvgIpc) is 2.41. The lowest BCUT2D eigenvalue weighted by molar-refractivity contribution is -0.162. The van der Waals surface area contributed by atoms with Crippen LogP contribution in [0.15, 0.2) is 0 Å². The van der Waals surface area contributed by atoms with E-state index in [1.807, 2.05) is 6.92 Å². The third kappa shape index (κ3) is 9.76. The number of esters is 1. The van der Waals surface area contributed by atoms with E-state index in [0.717, 1.165) is 12.8 Å². The summed E-state index contributed by atoms with van der Waals surface area (Å²) < 4.78 is 9.56. The summed E-state index contributed by atoms with van der Waals surface area (Å²) in [5, 5.41) is 11.6. The number of carbonyl (C=O) groups excluding carboxylic acids is 2. The molecule has 0 aromatic rings. The van der Waals surface area contributed by atoms with Gasteiger partial charge in [-0.2, -0.15) is 0 Å². The van der Waals surface area contributed by atoms with Gasteiger partial charge in [0.05, 0.1) is 6.42 Å². The molecule has 0 radical (unpaired) electrons. The lowest BCUT2D eigenvalue weighted by Crippen LogP contribution is -2.37. The van der Waals surface area contributed by atoms with E-state index < -0.39 is 24.3 Å². The van der Waals surface area contributed by atoms with Crippen molar-refractivity contribution in [2.75, 3.05) is 6.54 Å². The Balaban J connectivity index is 4.51. The number of nitrogens with one attached hydrogen (secondary N) is 1. The van der Waals surface area contributed by atoms with Gasteiger partial charge in [-0.25, -0.2) is 4.79 Å². The van der Waals surface area contributed by atoms with Gasteiger partial charge in [0.2, 0.25) is 6.29 Å². The van der Waals surface area contributed by atoms with Crippen LogP contribution in [0.4, 0.5) is 4.79 Å². The third-order valence-corrected chi connectivity index (χ3v) is 3.94. The van der Waals surface area contributed by atoms with Crippen molar-refractivity contribution >= 4 is 18.0 Å². The van der Waals surface area contributed by atoms with E-state index in [9.17, 15) is 14.4 Å². The van der Waals surface area contributed by atoms with Crippen molar-refractivity contribution in [3.05, 3.63) is 0 Å². The Kier molecular flexibility index (Phi) is 10.0. The van der Waals surface area contributed by atoms with Crippen molar-refractivity contribution in [3.63, 3.8) is 0 Å². The highest BCUT2D eigenvalue weighted by atomic mass is 16.7. The maximum Gasteiger partial charge on any atom is 0.410 e. The lowest BCUT2D eigenvalue weighted by atomic mass is 9.80. The van der Waals surface area contributed by atoms with Gasteiger partial charge in [0.15, 0.2) is 0 Å². The summed E-state index contributed by atoms with van der Waals surface area (Å²) in [6.07, 6.45) is 0.298. The first-order valence-electron chi connectivity index (χ1n) is 8.00. The predicted octanol–water partition coefficient (Wildman–Crippen LogP) is 2.78. The zero-order chi connectivity index (χ0) is 18.0. The molecule has 0 heterocycles. The molecule has 0 saturated heterocycles. The minimum atomic E-state index is -0.984. The molecule has 0 spiro atoms. The van der Waals surface area contributed by atoms with Gasteiger partial charge in [-0.05, 0) is 17.8 Å². The van der Waals surface area contributed by atoms with Crippen LogP contribution in [-0.2, 0) is 19.1 Å². The molecule has 0 aromatic heterocycles. The van der Waals surface area contributed by atoms with Crippen molar-refractivity contribution in [3.8, 4) is 0 Å². The minimum Gasteiger partial charge on any atom is -0.481 e. The highest BCUT2D eigenvalue weighted by molar-refractivity contribution is 5.69. The highest BCUT2D eigenvalue weighted by Gasteiger charge is 2.25. The smallest absolute Gasteiger partial charge is 0.410 e. The molecule has 7 heteroatoms. The Hall–Kier alpha value is -1.79. The van der Waals surface area contributed by atoms with Crippen molar-refractivity contribution < 1.29 is 29.0 Å². The normalized spacial score (nSPS) is 15.9. The second kappa shape index (κ2) is 10.9. The van der Waals surface area contributed by atoms with E-state index in [4.69, 9.17) is 14.6 Å². The number of carboxylic acid groups (broad SMARTS) is 1. The maximum absolute atomic E-state index is 11.7. The van der Waals surface area contributed by atoms with Gasteiger partial charge < -0.3 is 19.9 Å². The number of alkyl carbamates (subject to hydrolysis) is 1. The summed E-state index contributed by atoms with van der Waals surface area (Å²) in [6.45, 7) is 9.03. The van der Waals surface area contributed by atoms with Crippen LogP contribution in [0.25, 0.3) is 0 Å². The maximum atomic E-state index is 11.7. The Labute approximate surface area is 137 Å². The molecule has 0 bridgehead atoms. The Morgan fingerprint density at radius 3 is 2.22 bits per heavy atom. The fourth-order valence-electron chi connectivity index (χ4n) is 2.52. The molecule has 4 atom stereocenters. The molecular weight excluding hydrogens is 302 g/mol. The summed E-state index contributed by atoms with van der Waals surface area (Å²) in [7, 11) is 0. The molecule has 0 unspecified atom stereocenters. The Morgan fingerprint density at radius 2 is 1.74 bits per heavy atom. The first kappa shape index (κ1) is 21.2. The topological polar surface area (TPSA) is 102 Å². The van der Waals surface area contributed by atoms with Gasteiger partial charge in [-0.3, -0.25) is 9.59 Å². The zero-order valence-electron chi connectivity index (χ0n) is 14.6. The molecule has 0 saturated carbocycles. The van der Waals surface area contributed by atoms with E-state index in [1.165, 1.54) is 13.8 Å². The summed E-state index contributed by atoms with van der Waals surface area (Å²) in [5.74, 6) is -1.12. The van der Waals surface area contributed by atoms with Gasteiger partial charge in [-0.1, -0.05) is 33.6 Å². The molecule has 0 aliphatic rings. The van der Waals surface area contributed by atoms with E-state index in [-0.39, 0.29) is 24.8 Å². The number of hydrogen-bond acceptors (Lipinski definition) is 5. The van der Waals surface area contributed by atoms with E-state index >= 15 is 0 Å². The SMILES string of the molecule is CCC[C@@H](C)[C@@H](C)[C@H](CNC(=O)O[C@H](C)OC(C)=O)CC(=O)O. The highest BCUT2D eigenvalue weighted by Crippen LogP contribution is 2.26. The second-order valence-electron chi connectivity index (χ2n) is 5.95. The molecule has 0 rings (SSSR count). The van der Waals surface area contributed by atoms with Gasteiger partial charge in [0.1, 0.15) is 0 Å². The first-order chi connectivity index (χ1) is 10.7. The lowest BCUT2D eigenvalue weighted by Gasteiger charge is -2.28. The van der Waals surface area contributed by atoms with Crippen LogP contribution < -0.4 is 5.32 Å². The number of carbonyl (C=O) groups is 3. The molecule has 2 N–H and O–H groups in total. The standard InChI is InChI=1S/C16H29NO6/c1-6-7-10(2)11(3)14(8-15(19)20)9-17-16(21)23-13(5)22-12(4)18/h10-11,13-14H,6-9H2,1-5H3,(H,17,21)(H,19,20)/t10-,11-,13-,14+/m1/s1. The van der Waals surface area contributed by atoms with Gasteiger partial charge in [0.25, 0.3) is 0 Å². The minimum absolute atomic E-state index is 0.0188. The molecule has 23 heavy (non-hydrogen) atoms. The van der Waals surface area contributed by atoms with Crippen LogP contribution in [0.3, 0.4) is 0 Å². The molecule has 134 valence electrons. The molecule has 0 aliphatic heterocycles. The number of ether oxygens (including phenoxy) is 2. The van der Waals surface area contributed by atoms with Crippen molar-refractivity contribution in [1.29, 1.82) is 0 Å². The Morgan fingerprint density at radius 1 is 1.13 bits per heavy atom. The zero-order valence-corrected chi connectivity index (χ0v) is 14.6. The third-order valence-electron chi connectivity index (χ3n) is 3.94. The van der Waals surface area contributed by atoms with Crippen LogP contribution in [0.1, 0.15) is 53.9 Å². The number of rotatable bonds is 10. The van der Waals surface area contributed by atoms with E-state index in [0.29, 0.717) is 5.92 Å². The predicted molar refractivity (Wildman–Crippen MR) is 84.7 cm³/mol. The molecular formula is C16H29NO6. The van der Waals surface area contributed by atoms with Crippen LogP contribution in [0.2, 0.25) is 0 Å². The summed E-state index contributed by atoms with van der Waals surface area (Å²) in [5.41, 5.74) is 0. The van der Waals surface area contributed by atoms with Crippen LogP contribution >= 0.6 is 0 Å². The summed E-state index contributed by atoms with van der Waals surface area (Å²) in [6, 6.07) is 0.